The molecule has 0 radical (unpaired) electrons. The summed E-state index contributed by atoms with van der Waals surface area (Å²) in [4.78, 5) is 15.9. The number of nitrogens with zero attached hydrogens (tertiary/aromatic N) is 1. The third-order valence-electron chi connectivity index (χ3n) is 3.45. The summed E-state index contributed by atoms with van der Waals surface area (Å²) in [6.07, 6.45) is 2.23. The van der Waals surface area contributed by atoms with Gasteiger partial charge in [0.2, 0.25) is 5.91 Å². The third-order valence-corrected chi connectivity index (χ3v) is 3.45. The number of benzene rings is 1. The lowest BCUT2D eigenvalue weighted by molar-refractivity contribution is -0.117. The second kappa shape index (κ2) is 4.92. The van der Waals surface area contributed by atoms with Crippen molar-refractivity contribution < 1.29 is 14.3 Å². The SMILES string of the molecule is O=C(Nc1ncccc1O)[C@@H]1C[C@H]1c1ccc(F)cc1. The minimum Gasteiger partial charge on any atom is -0.504 e. The Morgan fingerprint density at radius 2 is 2.05 bits per heavy atom. The van der Waals surface area contributed by atoms with Gasteiger partial charge in [-0.15, -0.1) is 0 Å². The number of hydrogen-bond acceptors (Lipinski definition) is 3. The highest BCUT2D eigenvalue weighted by Gasteiger charge is 2.44. The van der Waals surface area contributed by atoms with Gasteiger partial charge >= 0.3 is 0 Å². The zero-order valence-corrected chi connectivity index (χ0v) is 10.6. The first-order chi connectivity index (χ1) is 9.65. The van der Waals surface area contributed by atoms with E-state index in [0.717, 1.165) is 12.0 Å². The Labute approximate surface area is 115 Å². The highest BCUT2D eigenvalue weighted by atomic mass is 19.1. The molecule has 1 aromatic heterocycles. The lowest BCUT2D eigenvalue weighted by atomic mass is 10.1. The minimum absolute atomic E-state index is 0.0557. The number of carbonyl (C=O) groups is 1. The van der Waals surface area contributed by atoms with Crippen molar-refractivity contribution in [3.8, 4) is 5.75 Å². The van der Waals surface area contributed by atoms with E-state index in [1.165, 1.54) is 24.4 Å². The molecule has 4 nitrogen and oxygen atoms in total. The van der Waals surface area contributed by atoms with Crippen molar-refractivity contribution in [2.24, 2.45) is 5.92 Å². The molecule has 5 heteroatoms. The predicted molar refractivity (Wildman–Crippen MR) is 71.8 cm³/mol. The van der Waals surface area contributed by atoms with Crippen LogP contribution in [0.2, 0.25) is 0 Å². The van der Waals surface area contributed by atoms with Gasteiger partial charge in [0.15, 0.2) is 11.6 Å². The summed E-state index contributed by atoms with van der Waals surface area (Å²) in [7, 11) is 0. The van der Waals surface area contributed by atoms with E-state index in [1.807, 2.05) is 0 Å². The van der Waals surface area contributed by atoms with E-state index in [0.29, 0.717) is 0 Å². The zero-order valence-electron chi connectivity index (χ0n) is 10.6. The van der Waals surface area contributed by atoms with Crippen molar-refractivity contribution in [3.63, 3.8) is 0 Å². The molecule has 1 heterocycles. The highest BCUT2D eigenvalue weighted by molar-refractivity contribution is 5.95. The molecule has 1 aliphatic rings. The molecule has 0 unspecified atom stereocenters. The van der Waals surface area contributed by atoms with Gasteiger partial charge in [0.1, 0.15) is 5.82 Å². The first-order valence-corrected chi connectivity index (χ1v) is 6.35. The molecule has 1 aliphatic carbocycles. The predicted octanol–water partition coefficient (Wildman–Crippen LogP) is 2.67. The van der Waals surface area contributed by atoms with Crippen LogP contribution >= 0.6 is 0 Å². The fraction of sp³-hybridized carbons (Fsp3) is 0.200. The summed E-state index contributed by atoms with van der Waals surface area (Å²) in [6.45, 7) is 0. The van der Waals surface area contributed by atoms with Crippen LogP contribution in [0.15, 0.2) is 42.6 Å². The average molecular weight is 272 g/mol. The molecular formula is C15H13FN2O2. The number of halogens is 1. The van der Waals surface area contributed by atoms with Gasteiger partial charge in [0.05, 0.1) is 0 Å². The lowest BCUT2D eigenvalue weighted by Crippen LogP contribution is -2.15. The van der Waals surface area contributed by atoms with E-state index in [1.54, 1.807) is 18.2 Å². The monoisotopic (exact) mass is 272 g/mol. The van der Waals surface area contributed by atoms with Crippen molar-refractivity contribution in [2.75, 3.05) is 5.32 Å². The van der Waals surface area contributed by atoms with Crippen LogP contribution in [0, 0.1) is 11.7 Å². The van der Waals surface area contributed by atoms with E-state index in [4.69, 9.17) is 0 Å². The Morgan fingerprint density at radius 3 is 2.75 bits per heavy atom. The minimum atomic E-state index is -0.284. The maximum atomic E-state index is 12.8. The Balaban J connectivity index is 1.66. The summed E-state index contributed by atoms with van der Waals surface area (Å²) in [5.74, 6) is -0.382. The van der Waals surface area contributed by atoms with Crippen molar-refractivity contribution in [1.82, 2.24) is 4.98 Å². The second-order valence-electron chi connectivity index (χ2n) is 4.86. The number of rotatable bonds is 3. The molecule has 3 rings (SSSR count). The summed E-state index contributed by atoms with van der Waals surface area (Å²) in [5.41, 5.74) is 0.955. The number of pyridine rings is 1. The van der Waals surface area contributed by atoms with Crippen LogP contribution in [0.4, 0.5) is 10.2 Å². The molecule has 20 heavy (non-hydrogen) atoms. The number of amides is 1. The zero-order chi connectivity index (χ0) is 14.1. The largest absolute Gasteiger partial charge is 0.504 e. The van der Waals surface area contributed by atoms with Crippen LogP contribution in [-0.2, 0) is 4.79 Å². The van der Waals surface area contributed by atoms with Gasteiger partial charge in [0, 0.05) is 12.1 Å². The number of aromatic nitrogens is 1. The van der Waals surface area contributed by atoms with Crippen molar-refractivity contribution in [3.05, 3.63) is 54.0 Å². The van der Waals surface area contributed by atoms with Gasteiger partial charge in [0.25, 0.3) is 0 Å². The molecule has 2 atom stereocenters. The summed E-state index contributed by atoms with van der Waals surface area (Å²) >= 11 is 0. The lowest BCUT2D eigenvalue weighted by Gasteiger charge is -2.05. The Hall–Kier alpha value is -2.43. The van der Waals surface area contributed by atoms with Gasteiger partial charge in [-0.3, -0.25) is 4.79 Å². The standard InChI is InChI=1S/C15H13FN2O2/c16-10-5-3-9(4-6-10)11-8-12(11)15(20)18-14-13(19)2-1-7-17-14/h1-7,11-12,19H,8H2,(H,17,18,20)/t11-,12+/m0/s1. The van der Waals surface area contributed by atoms with Crippen molar-refractivity contribution in [2.45, 2.75) is 12.3 Å². The number of aromatic hydroxyl groups is 1. The van der Waals surface area contributed by atoms with E-state index in [-0.39, 0.29) is 35.1 Å². The topological polar surface area (TPSA) is 62.2 Å². The van der Waals surface area contributed by atoms with Gasteiger partial charge < -0.3 is 10.4 Å². The third kappa shape index (κ3) is 2.47. The normalized spacial score (nSPS) is 20.4. The van der Waals surface area contributed by atoms with E-state index < -0.39 is 0 Å². The highest BCUT2D eigenvalue weighted by Crippen LogP contribution is 2.48. The van der Waals surface area contributed by atoms with Gasteiger partial charge in [-0.2, -0.15) is 0 Å². The Morgan fingerprint density at radius 1 is 1.30 bits per heavy atom. The molecule has 0 aliphatic heterocycles. The van der Waals surface area contributed by atoms with E-state index in [9.17, 15) is 14.3 Å². The molecule has 2 aromatic rings. The van der Waals surface area contributed by atoms with Crippen molar-refractivity contribution in [1.29, 1.82) is 0 Å². The maximum Gasteiger partial charge on any atom is 0.229 e. The first-order valence-electron chi connectivity index (χ1n) is 6.35. The Kier molecular flexibility index (Phi) is 3.10. The van der Waals surface area contributed by atoms with Crippen LogP contribution in [0.5, 0.6) is 5.75 Å². The summed E-state index contributed by atoms with van der Waals surface area (Å²) in [6, 6.07) is 9.24. The number of anilines is 1. The van der Waals surface area contributed by atoms with Crippen LogP contribution in [0.25, 0.3) is 0 Å². The first kappa shape index (κ1) is 12.6. The molecule has 0 spiro atoms. The Bertz CT molecular complexity index is 643. The number of carbonyl (C=O) groups excluding carboxylic acids is 1. The summed E-state index contributed by atoms with van der Waals surface area (Å²) < 4.78 is 12.8. The molecule has 0 bridgehead atoms. The molecule has 1 amide bonds. The van der Waals surface area contributed by atoms with E-state index >= 15 is 0 Å². The molecule has 102 valence electrons. The second-order valence-corrected chi connectivity index (χ2v) is 4.86. The molecule has 2 N–H and O–H groups in total. The average Bonchev–Trinajstić information content (AvgIpc) is 3.23. The fourth-order valence-corrected chi connectivity index (χ4v) is 2.27. The molecular weight excluding hydrogens is 259 g/mol. The van der Waals surface area contributed by atoms with Gasteiger partial charge in [-0.05, 0) is 42.2 Å². The van der Waals surface area contributed by atoms with Crippen LogP contribution < -0.4 is 5.32 Å². The molecule has 1 saturated carbocycles. The van der Waals surface area contributed by atoms with E-state index in [2.05, 4.69) is 10.3 Å². The van der Waals surface area contributed by atoms with Crippen molar-refractivity contribution >= 4 is 11.7 Å². The number of hydrogen-bond donors (Lipinski definition) is 2. The molecule has 1 fully saturated rings. The smallest absolute Gasteiger partial charge is 0.229 e. The molecule has 0 saturated heterocycles. The van der Waals surface area contributed by atoms with Crippen LogP contribution in [0.1, 0.15) is 17.9 Å². The van der Waals surface area contributed by atoms with Crippen LogP contribution in [0.3, 0.4) is 0 Å². The maximum absolute atomic E-state index is 12.8. The fourth-order valence-electron chi connectivity index (χ4n) is 2.27. The quantitative estimate of drug-likeness (QED) is 0.903. The summed E-state index contributed by atoms with van der Waals surface area (Å²) in [5, 5.41) is 12.2. The number of nitrogens with one attached hydrogen (secondary N) is 1. The van der Waals surface area contributed by atoms with Gasteiger partial charge in [-0.25, -0.2) is 9.37 Å². The van der Waals surface area contributed by atoms with Gasteiger partial charge in [-0.1, -0.05) is 12.1 Å². The van der Waals surface area contributed by atoms with Crippen LogP contribution in [-0.4, -0.2) is 16.0 Å². The molecule has 1 aromatic carbocycles.